The van der Waals surface area contributed by atoms with E-state index in [-0.39, 0.29) is 6.42 Å². The first-order valence-corrected chi connectivity index (χ1v) is 7.66. The van der Waals surface area contributed by atoms with Crippen LogP contribution in [0.3, 0.4) is 0 Å². The quantitative estimate of drug-likeness (QED) is 0.742. The van der Waals surface area contributed by atoms with Crippen LogP contribution in [-0.4, -0.2) is 28.9 Å². The van der Waals surface area contributed by atoms with Gasteiger partial charge < -0.3 is 10.6 Å². The molecule has 1 amide bonds. The highest BCUT2D eigenvalue weighted by atomic mass is 19.4. The van der Waals surface area contributed by atoms with Gasteiger partial charge in [-0.05, 0) is 17.7 Å². The maximum atomic E-state index is 12.4. The number of carbonyl (C=O) groups excluding carboxylic acids is 2. The summed E-state index contributed by atoms with van der Waals surface area (Å²) >= 11 is 0. The van der Waals surface area contributed by atoms with E-state index >= 15 is 0 Å². The molecule has 0 bridgehead atoms. The lowest BCUT2D eigenvalue weighted by atomic mass is 10.1. The van der Waals surface area contributed by atoms with Gasteiger partial charge in [0, 0.05) is 24.9 Å². The number of anilines is 1. The first kappa shape index (κ1) is 19.2. The second kappa shape index (κ2) is 8.80. The molecule has 2 aromatic rings. The highest BCUT2D eigenvalue weighted by Gasteiger charge is 2.36. The summed E-state index contributed by atoms with van der Waals surface area (Å²) in [5.74, 6) is -2.18. The molecule has 0 fully saturated rings. The molecule has 1 unspecified atom stereocenters. The number of nitrogens with one attached hydrogen (secondary N) is 2. The number of pyridine rings is 1. The van der Waals surface area contributed by atoms with Gasteiger partial charge in [0.15, 0.2) is 0 Å². The number of alkyl halides is 3. The molecular formula is C18H16F3N3O2. The number of aromatic nitrogens is 1. The van der Waals surface area contributed by atoms with Crippen molar-refractivity contribution in [2.24, 2.45) is 0 Å². The van der Waals surface area contributed by atoms with Gasteiger partial charge in [-0.25, -0.2) is 4.98 Å². The van der Waals surface area contributed by atoms with Crippen molar-refractivity contribution in [3.05, 3.63) is 72.6 Å². The summed E-state index contributed by atoms with van der Waals surface area (Å²) in [6, 6.07) is 13.0. The van der Waals surface area contributed by atoms with E-state index in [0.717, 1.165) is 11.8 Å². The highest BCUT2D eigenvalue weighted by molar-refractivity contribution is 5.95. The van der Waals surface area contributed by atoms with Crippen LogP contribution in [0.2, 0.25) is 0 Å². The molecule has 0 aliphatic rings. The molecule has 0 spiro atoms. The van der Waals surface area contributed by atoms with Crippen LogP contribution in [0.15, 0.2) is 67.0 Å². The normalized spacial score (nSPS) is 12.6. The fourth-order valence-electron chi connectivity index (χ4n) is 2.06. The number of ketones is 1. The second-order valence-corrected chi connectivity index (χ2v) is 5.31. The van der Waals surface area contributed by atoms with Gasteiger partial charge in [-0.2, -0.15) is 13.2 Å². The molecule has 0 saturated carbocycles. The molecule has 136 valence electrons. The molecule has 2 N–H and O–H groups in total. The Kier molecular flexibility index (Phi) is 6.48. The fraction of sp³-hybridized carbons (Fsp3) is 0.167. The van der Waals surface area contributed by atoms with Gasteiger partial charge in [0.1, 0.15) is 11.9 Å². The van der Waals surface area contributed by atoms with Crippen LogP contribution < -0.4 is 10.6 Å². The molecular weight excluding hydrogens is 347 g/mol. The fourth-order valence-corrected chi connectivity index (χ4v) is 2.06. The Morgan fingerprint density at radius 2 is 1.77 bits per heavy atom. The van der Waals surface area contributed by atoms with Gasteiger partial charge in [0.2, 0.25) is 5.91 Å². The van der Waals surface area contributed by atoms with E-state index in [2.05, 4.69) is 15.6 Å². The van der Waals surface area contributed by atoms with E-state index < -0.39 is 23.9 Å². The molecule has 26 heavy (non-hydrogen) atoms. The minimum Gasteiger partial charge on any atom is -0.379 e. The Morgan fingerprint density at radius 1 is 1.08 bits per heavy atom. The molecule has 1 atom stereocenters. The number of halogens is 3. The Hall–Kier alpha value is -3.16. The Labute approximate surface area is 147 Å². The molecule has 0 saturated heterocycles. The molecule has 1 aromatic heterocycles. The van der Waals surface area contributed by atoms with E-state index in [1.165, 1.54) is 6.20 Å². The van der Waals surface area contributed by atoms with Crippen molar-refractivity contribution in [3.8, 4) is 0 Å². The van der Waals surface area contributed by atoms with Crippen molar-refractivity contribution in [3.63, 3.8) is 0 Å². The maximum absolute atomic E-state index is 12.4. The lowest BCUT2D eigenvalue weighted by molar-refractivity contribution is -0.165. The summed E-state index contributed by atoms with van der Waals surface area (Å²) < 4.78 is 36.8. The molecule has 8 heteroatoms. The lowest BCUT2D eigenvalue weighted by Crippen LogP contribution is -2.40. The van der Waals surface area contributed by atoms with Crippen LogP contribution >= 0.6 is 0 Å². The molecule has 1 heterocycles. The summed E-state index contributed by atoms with van der Waals surface area (Å²) in [6.07, 6.45) is -2.06. The van der Waals surface area contributed by atoms with Crippen molar-refractivity contribution in [2.45, 2.75) is 18.6 Å². The summed E-state index contributed by atoms with van der Waals surface area (Å²) in [7, 11) is 0. The largest absolute Gasteiger partial charge is 0.454 e. The molecule has 0 aliphatic heterocycles. The third-order valence-corrected chi connectivity index (χ3v) is 3.33. The van der Waals surface area contributed by atoms with Crippen LogP contribution in [0, 0.1) is 0 Å². The van der Waals surface area contributed by atoms with Crippen LogP contribution in [0.5, 0.6) is 0 Å². The SMILES string of the molecule is O=C(Nc1ccccn1)C(Cc1ccccc1)NC=CC(=O)C(F)(F)F. The van der Waals surface area contributed by atoms with E-state index in [9.17, 15) is 22.8 Å². The topological polar surface area (TPSA) is 71.1 Å². The van der Waals surface area contributed by atoms with E-state index in [1.807, 2.05) is 6.07 Å². The van der Waals surface area contributed by atoms with Crippen LogP contribution in [0.4, 0.5) is 19.0 Å². The number of hydrogen-bond donors (Lipinski definition) is 2. The van der Waals surface area contributed by atoms with Gasteiger partial charge in [0.05, 0.1) is 0 Å². The van der Waals surface area contributed by atoms with Crippen molar-refractivity contribution in [2.75, 3.05) is 5.32 Å². The van der Waals surface area contributed by atoms with Crippen LogP contribution in [-0.2, 0) is 16.0 Å². The molecule has 2 rings (SSSR count). The minimum absolute atomic E-state index is 0.212. The zero-order chi connectivity index (χ0) is 19.0. The van der Waals surface area contributed by atoms with Gasteiger partial charge in [-0.1, -0.05) is 36.4 Å². The Balaban J connectivity index is 2.09. The maximum Gasteiger partial charge on any atom is 0.454 e. The molecule has 0 aliphatic carbocycles. The lowest BCUT2D eigenvalue weighted by Gasteiger charge is -2.17. The highest BCUT2D eigenvalue weighted by Crippen LogP contribution is 2.16. The number of carbonyl (C=O) groups is 2. The van der Waals surface area contributed by atoms with Crippen molar-refractivity contribution in [1.82, 2.24) is 10.3 Å². The van der Waals surface area contributed by atoms with E-state index in [0.29, 0.717) is 11.9 Å². The summed E-state index contributed by atoms with van der Waals surface area (Å²) in [5.41, 5.74) is 0.803. The number of benzene rings is 1. The predicted molar refractivity (Wildman–Crippen MR) is 90.1 cm³/mol. The molecule has 5 nitrogen and oxygen atoms in total. The summed E-state index contributed by atoms with van der Waals surface area (Å²) in [4.78, 5) is 27.3. The second-order valence-electron chi connectivity index (χ2n) is 5.31. The average Bonchev–Trinajstić information content (AvgIpc) is 2.61. The average molecular weight is 363 g/mol. The monoisotopic (exact) mass is 363 g/mol. The molecule has 0 radical (unpaired) electrons. The predicted octanol–water partition coefficient (Wildman–Crippen LogP) is 2.87. The molecule has 1 aromatic carbocycles. The van der Waals surface area contributed by atoms with Crippen LogP contribution in [0.25, 0.3) is 0 Å². The van der Waals surface area contributed by atoms with Crippen LogP contribution in [0.1, 0.15) is 5.56 Å². The van der Waals surface area contributed by atoms with Crippen molar-refractivity contribution >= 4 is 17.5 Å². The number of amides is 1. The Bertz CT molecular complexity index is 762. The van der Waals surface area contributed by atoms with Crippen molar-refractivity contribution in [1.29, 1.82) is 0 Å². The number of allylic oxidation sites excluding steroid dienone is 1. The Morgan fingerprint density at radius 3 is 2.38 bits per heavy atom. The first-order valence-electron chi connectivity index (χ1n) is 7.66. The summed E-state index contributed by atoms with van der Waals surface area (Å²) in [6.45, 7) is 0. The number of hydrogen-bond acceptors (Lipinski definition) is 4. The number of nitrogens with zero attached hydrogens (tertiary/aromatic N) is 1. The summed E-state index contributed by atoms with van der Waals surface area (Å²) in [5, 5.41) is 5.13. The number of rotatable bonds is 7. The van der Waals surface area contributed by atoms with Gasteiger partial charge in [0.25, 0.3) is 5.78 Å². The van der Waals surface area contributed by atoms with Gasteiger partial charge in [-0.3, -0.25) is 9.59 Å². The third-order valence-electron chi connectivity index (χ3n) is 3.33. The standard InChI is InChI=1S/C18H16F3N3O2/c19-18(20,21)15(25)9-11-22-14(12-13-6-2-1-3-7-13)17(26)24-16-8-4-5-10-23-16/h1-11,14,22H,12H2,(H,23,24,26). The van der Waals surface area contributed by atoms with Crippen molar-refractivity contribution < 1.29 is 22.8 Å². The zero-order valence-electron chi connectivity index (χ0n) is 13.5. The van der Waals surface area contributed by atoms with Gasteiger partial charge in [-0.15, -0.1) is 0 Å². The van der Waals surface area contributed by atoms with Gasteiger partial charge >= 0.3 is 6.18 Å². The first-order chi connectivity index (χ1) is 12.4. The smallest absolute Gasteiger partial charge is 0.379 e. The van der Waals surface area contributed by atoms with E-state index in [4.69, 9.17) is 0 Å². The minimum atomic E-state index is -4.96. The zero-order valence-corrected chi connectivity index (χ0v) is 13.5. The van der Waals surface area contributed by atoms with E-state index in [1.54, 1.807) is 42.5 Å². The third kappa shape index (κ3) is 6.04.